The van der Waals surface area contributed by atoms with Gasteiger partial charge in [0.25, 0.3) is 0 Å². The summed E-state index contributed by atoms with van der Waals surface area (Å²) >= 11 is 11.8. The summed E-state index contributed by atoms with van der Waals surface area (Å²) in [5.74, 6) is 0. The van der Waals surface area contributed by atoms with Crippen molar-refractivity contribution in [3.63, 3.8) is 0 Å². The van der Waals surface area contributed by atoms with Crippen LogP contribution in [-0.4, -0.2) is 25.3 Å². The molecule has 0 unspecified atom stereocenters. The number of hydrogen-bond acceptors (Lipinski definition) is 2. The van der Waals surface area contributed by atoms with Crippen LogP contribution in [0.1, 0.15) is 5.56 Å². The molecule has 0 amide bonds. The van der Waals surface area contributed by atoms with Gasteiger partial charge in [-0.25, -0.2) is 0 Å². The zero-order valence-electron chi connectivity index (χ0n) is 7.46. The third kappa shape index (κ3) is 2.90. The van der Waals surface area contributed by atoms with Crippen LogP contribution < -0.4 is 0 Å². The van der Waals surface area contributed by atoms with Gasteiger partial charge in [-0.05, 0) is 6.07 Å². The first-order valence-electron chi connectivity index (χ1n) is 3.76. The molecule has 70 valence electrons. The van der Waals surface area contributed by atoms with Crippen molar-refractivity contribution in [3.8, 4) is 0 Å². The van der Waals surface area contributed by atoms with Crippen LogP contribution in [0.3, 0.4) is 0 Å². The van der Waals surface area contributed by atoms with E-state index in [1.165, 1.54) is 0 Å². The maximum absolute atomic E-state index is 5.93. The number of hydrogen-bond donors (Lipinski definition) is 0. The fourth-order valence-corrected chi connectivity index (χ4v) is 1.15. The second kappa shape index (κ2) is 4.49. The van der Waals surface area contributed by atoms with Crippen LogP contribution in [-0.2, 0) is 0 Å². The van der Waals surface area contributed by atoms with Gasteiger partial charge in [0, 0.05) is 19.7 Å². The first-order chi connectivity index (χ1) is 6.11. The fourth-order valence-electron chi connectivity index (χ4n) is 0.798. The zero-order valence-corrected chi connectivity index (χ0v) is 8.97. The largest absolute Gasteiger partial charge is 0.303 e. The Kier molecular flexibility index (Phi) is 3.58. The van der Waals surface area contributed by atoms with Crippen LogP contribution in [0, 0.1) is 0 Å². The average molecular weight is 217 g/mol. The van der Waals surface area contributed by atoms with Crippen molar-refractivity contribution < 1.29 is 0 Å². The molecular formula is C9H10Cl2N2. The summed E-state index contributed by atoms with van der Waals surface area (Å²) in [6, 6.07) is 5.45. The smallest absolute Gasteiger partial charge is 0.0680 e. The second-order valence-electron chi connectivity index (χ2n) is 2.73. The molecule has 0 saturated heterocycles. The third-order valence-corrected chi connectivity index (χ3v) is 2.24. The Balaban J connectivity index is 2.95. The van der Waals surface area contributed by atoms with Crippen molar-refractivity contribution in [2.24, 2.45) is 5.10 Å². The van der Waals surface area contributed by atoms with Crippen LogP contribution in [0.2, 0.25) is 10.0 Å². The lowest BCUT2D eigenvalue weighted by Crippen LogP contribution is -2.02. The number of rotatable bonds is 2. The quantitative estimate of drug-likeness (QED) is 0.549. The lowest BCUT2D eigenvalue weighted by Gasteiger charge is -2.03. The first kappa shape index (κ1) is 10.4. The average Bonchev–Trinajstić information content (AvgIpc) is 2.07. The van der Waals surface area contributed by atoms with Crippen molar-refractivity contribution in [1.29, 1.82) is 0 Å². The van der Waals surface area contributed by atoms with E-state index in [2.05, 4.69) is 5.10 Å². The molecule has 0 aliphatic rings. The molecule has 0 bridgehead atoms. The molecule has 0 spiro atoms. The first-order valence-corrected chi connectivity index (χ1v) is 4.52. The maximum Gasteiger partial charge on any atom is 0.0680 e. The summed E-state index contributed by atoms with van der Waals surface area (Å²) in [5, 5.41) is 6.84. The lowest BCUT2D eigenvalue weighted by atomic mass is 10.2. The SMILES string of the molecule is CN(C)/N=C/c1cccc(Cl)c1Cl. The van der Waals surface area contributed by atoms with E-state index in [4.69, 9.17) is 23.2 Å². The molecule has 1 rings (SSSR count). The van der Waals surface area contributed by atoms with Crippen molar-refractivity contribution in [3.05, 3.63) is 33.8 Å². The van der Waals surface area contributed by atoms with Crippen molar-refractivity contribution in [1.82, 2.24) is 5.01 Å². The molecule has 4 heteroatoms. The van der Waals surface area contributed by atoms with Gasteiger partial charge in [-0.15, -0.1) is 0 Å². The van der Waals surface area contributed by atoms with Crippen LogP contribution in [0.25, 0.3) is 0 Å². The summed E-state index contributed by atoms with van der Waals surface area (Å²) in [5.41, 5.74) is 0.822. The topological polar surface area (TPSA) is 15.6 Å². The van der Waals surface area contributed by atoms with Gasteiger partial charge in [-0.3, -0.25) is 0 Å². The van der Waals surface area contributed by atoms with Crippen molar-refractivity contribution >= 4 is 29.4 Å². The Bertz CT molecular complexity index is 321. The molecule has 2 nitrogen and oxygen atoms in total. The summed E-state index contributed by atoms with van der Waals surface area (Å²) in [6.07, 6.45) is 1.67. The van der Waals surface area contributed by atoms with Gasteiger partial charge >= 0.3 is 0 Å². The van der Waals surface area contributed by atoms with Gasteiger partial charge in [0.05, 0.1) is 16.3 Å². The van der Waals surface area contributed by atoms with Gasteiger partial charge in [0.1, 0.15) is 0 Å². The van der Waals surface area contributed by atoms with E-state index in [0.29, 0.717) is 10.0 Å². The van der Waals surface area contributed by atoms with Gasteiger partial charge in [0.2, 0.25) is 0 Å². The van der Waals surface area contributed by atoms with E-state index in [0.717, 1.165) is 5.56 Å². The minimum absolute atomic E-state index is 0.537. The predicted molar refractivity (Wildman–Crippen MR) is 57.7 cm³/mol. The molecular weight excluding hydrogens is 207 g/mol. The van der Waals surface area contributed by atoms with Gasteiger partial charge in [0.15, 0.2) is 0 Å². The number of hydrazone groups is 1. The highest BCUT2D eigenvalue weighted by Gasteiger charge is 2.00. The van der Waals surface area contributed by atoms with E-state index in [-0.39, 0.29) is 0 Å². The highest BCUT2D eigenvalue weighted by atomic mass is 35.5. The zero-order chi connectivity index (χ0) is 9.84. The van der Waals surface area contributed by atoms with Gasteiger partial charge in [-0.1, -0.05) is 35.3 Å². The number of benzene rings is 1. The number of nitrogens with zero attached hydrogens (tertiary/aromatic N) is 2. The Morgan fingerprint density at radius 2 is 2.00 bits per heavy atom. The monoisotopic (exact) mass is 216 g/mol. The normalized spacial score (nSPS) is 10.8. The van der Waals surface area contributed by atoms with E-state index in [1.54, 1.807) is 17.3 Å². The van der Waals surface area contributed by atoms with Gasteiger partial charge in [-0.2, -0.15) is 5.10 Å². The Morgan fingerprint density at radius 1 is 1.31 bits per heavy atom. The summed E-state index contributed by atoms with van der Waals surface area (Å²) in [6.45, 7) is 0. The standard InChI is InChI=1S/C9H10Cl2N2/c1-13(2)12-6-7-4-3-5-8(10)9(7)11/h3-6H,1-2H3/b12-6+. The van der Waals surface area contributed by atoms with Crippen LogP contribution in [0.5, 0.6) is 0 Å². The van der Waals surface area contributed by atoms with Crippen LogP contribution in [0.15, 0.2) is 23.3 Å². The van der Waals surface area contributed by atoms with Crippen molar-refractivity contribution in [2.75, 3.05) is 14.1 Å². The molecule has 1 aromatic carbocycles. The molecule has 0 heterocycles. The van der Waals surface area contributed by atoms with E-state index in [9.17, 15) is 0 Å². The molecule has 0 atom stereocenters. The molecule has 0 N–H and O–H groups in total. The molecule has 13 heavy (non-hydrogen) atoms. The fraction of sp³-hybridized carbons (Fsp3) is 0.222. The minimum atomic E-state index is 0.537. The summed E-state index contributed by atoms with van der Waals surface area (Å²) < 4.78 is 0. The van der Waals surface area contributed by atoms with E-state index < -0.39 is 0 Å². The third-order valence-electron chi connectivity index (χ3n) is 1.41. The highest BCUT2D eigenvalue weighted by molar-refractivity contribution is 6.43. The molecule has 0 aliphatic heterocycles. The Labute approximate surface area is 87.8 Å². The molecule has 1 aromatic rings. The minimum Gasteiger partial charge on any atom is -0.303 e. The van der Waals surface area contributed by atoms with Crippen molar-refractivity contribution in [2.45, 2.75) is 0 Å². The van der Waals surface area contributed by atoms with Crippen LogP contribution >= 0.6 is 23.2 Å². The maximum atomic E-state index is 5.93. The second-order valence-corrected chi connectivity index (χ2v) is 3.52. The molecule has 0 saturated carbocycles. The lowest BCUT2D eigenvalue weighted by molar-refractivity contribution is 0.440. The molecule has 0 fully saturated rings. The van der Waals surface area contributed by atoms with Gasteiger partial charge < -0.3 is 5.01 Å². The van der Waals surface area contributed by atoms with E-state index >= 15 is 0 Å². The molecule has 0 aromatic heterocycles. The summed E-state index contributed by atoms with van der Waals surface area (Å²) in [7, 11) is 3.68. The summed E-state index contributed by atoms with van der Waals surface area (Å²) in [4.78, 5) is 0. The van der Waals surface area contributed by atoms with Crippen LogP contribution in [0.4, 0.5) is 0 Å². The Morgan fingerprint density at radius 3 is 2.62 bits per heavy atom. The highest BCUT2D eigenvalue weighted by Crippen LogP contribution is 2.24. The molecule has 0 aliphatic carbocycles. The molecule has 0 radical (unpaired) electrons. The predicted octanol–water partition coefficient (Wildman–Crippen LogP) is 2.89. The van der Waals surface area contributed by atoms with E-state index in [1.807, 2.05) is 26.2 Å². The Hall–Kier alpha value is -0.730. The number of halogens is 2.